The molecule has 1 saturated heterocycles. The molecule has 28 N–H and O–H groups in total. The smallest absolute Gasteiger partial charge is 0.343 e. The highest BCUT2D eigenvalue weighted by Gasteiger charge is 2.38. The summed E-state index contributed by atoms with van der Waals surface area (Å²) < 4.78 is 1.15. The molecule has 1 aliphatic heterocycles. The summed E-state index contributed by atoms with van der Waals surface area (Å²) in [5.74, 6) is -14.7. The number of carboxylic acid groups (broad SMARTS) is 1. The lowest BCUT2D eigenvalue weighted by Crippen LogP contribution is -2.61. The van der Waals surface area contributed by atoms with Gasteiger partial charge in [0.25, 0.3) is 5.91 Å². The summed E-state index contributed by atoms with van der Waals surface area (Å²) in [6.45, 7) is 6.20. The van der Waals surface area contributed by atoms with E-state index >= 15 is 0 Å². The van der Waals surface area contributed by atoms with E-state index in [9.17, 15) is 92.0 Å². The molecule has 4 unspecified atom stereocenters. The van der Waals surface area contributed by atoms with E-state index in [-0.39, 0.29) is 89.6 Å². The number of amides is 15. The van der Waals surface area contributed by atoms with Crippen molar-refractivity contribution in [2.75, 3.05) is 59.4 Å². The zero-order valence-corrected chi connectivity index (χ0v) is 68.3. The summed E-state index contributed by atoms with van der Waals surface area (Å²) in [4.78, 5) is 225. The van der Waals surface area contributed by atoms with E-state index in [1.807, 2.05) is 6.07 Å². The number of carbonyl (C=O) groups is 16. The van der Waals surface area contributed by atoms with Gasteiger partial charge in [0.15, 0.2) is 0 Å². The zero-order chi connectivity index (χ0) is 88.2. The van der Waals surface area contributed by atoms with Crippen LogP contribution in [0.3, 0.4) is 0 Å². The van der Waals surface area contributed by atoms with Crippen LogP contribution < -0.4 is 108 Å². The Balaban J connectivity index is 1.28. The Morgan fingerprint density at radius 1 is 0.622 bits per heavy atom. The standard InChI is InChI=1S/C76H113N23O19S/c1-40(2)36-55-72(115)92-51(25-31-79)67(110)91-53(27-33-81)71(114)95-62(41(3)100)73(116)84-35-28-54(69(112)90-49(23-29-77)65(108)85-38-60(104)89-55)93-68(111)52(26-32-80)94-74(117)63(42(4)101)96-70(113)50(24-30-78)88-59(103)21-20-58(102)87-48(19-22-61(105)106)66(109)86-39-76(5,6)97-75(118)99-56-37-44(119-57-14-9-8-13-46(57)64(107)82-7)16-17-45(56)47(98-99)18-15-43-12-10-11-34-83-43/h8-18,34,37,40-42,48-55,62-63,100-101H,19-33,35-36,38-39,77-81H2,1-7H3,(H,82,107)(H,84,116)(H,85,108)(H,86,109)(H,87,102)(H,88,103)(H,89,104)(H,90,112)(H,91,110)(H,92,115)(H,93,111)(H,94,117)(H,95,114)(H,96,113)(H,97,118)(H,105,106)/b18-15+/t41?,42-,48+,49?,50+,51-,52+,53-,54+,55-,62?,63?/m0/s1. The van der Waals surface area contributed by atoms with E-state index in [2.05, 4.69) is 89.8 Å². The fourth-order valence-corrected chi connectivity index (χ4v) is 13.0. The van der Waals surface area contributed by atoms with Gasteiger partial charge in [-0.3, -0.25) is 76.9 Å². The number of nitrogens with one attached hydrogen (secondary N) is 15. The van der Waals surface area contributed by atoms with Gasteiger partial charge < -0.3 is 124 Å². The molecule has 0 radical (unpaired) electrons. The number of carbonyl (C=O) groups excluding carboxylic acids is 15. The maximum atomic E-state index is 14.4. The Kier molecular flexibility index (Phi) is 40.3. The van der Waals surface area contributed by atoms with Gasteiger partial charge in [-0.2, -0.15) is 9.78 Å². The van der Waals surface area contributed by atoms with Gasteiger partial charge in [-0.25, -0.2) is 4.79 Å². The lowest BCUT2D eigenvalue weighted by atomic mass is 10.0. The van der Waals surface area contributed by atoms with E-state index in [4.69, 9.17) is 28.7 Å². The molecule has 42 nitrogen and oxygen atoms in total. The van der Waals surface area contributed by atoms with Gasteiger partial charge in [0, 0.05) is 60.8 Å². The van der Waals surface area contributed by atoms with Gasteiger partial charge in [0.2, 0.25) is 76.8 Å². The van der Waals surface area contributed by atoms with Crippen LogP contribution in [0.5, 0.6) is 0 Å². The number of benzene rings is 2. The zero-order valence-electron chi connectivity index (χ0n) is 67.5. The quantitative estimate of drug-likeness (QED) is 0.0200. The fraction of sp³-hybridized carbons (Fsp3) is 0.526. The number of aliphatic carboxylic acids is 1. The van der Waals surface area contributed by atoms with Crippen molar-refractivity contribution < 1.29 is 92.0 Å². The highest BCUT2D eigenvalue weighted by Crippen LogP contribution is 2.34. The molecule has 3 heterocycles. The number of rotatable bonds is 37. The second-order valence-corrected chi connectivity index (χ2v) is 30.3. The molecule has 0 saturated carbocycles. The average molecular weight is 1680 g/mol. The van der Waals surface area contributed by atoms with Crippen LogP contribution >= 0.6 is 11.8 Å². The third-order valence-corrected chi connectivity index (χ3v) is 19.4. The van der Waals surface area contributed by atoms with E-state index in [1.165, 1.54) is 18.8 Å². The van der Waals surface area contributed by atoms with Crippen LogP contribution in [-0.2, 0) is 67.1 Å². The lowest BCUT2D eigenvalue weighted by Gasteiger charge is -2.28. The van der Waals surface area contributed by atoms with E-state index in [0.29, 0.717) is 37.6 Å². The minimum Gasteiger partial charge on any atom is -0.481 e. The first-order chi connectivity index (χ1) is 56.5. The molecule has 0 aliphatic carbocycles. The number of nitrogens with two attached hydrogens (primary N) is 5. The van der Waals surface area contributed by atoms with Crippen molar-refractivity contribution in [2.45, 2.75) is 200 Å². The van der Waals surface area contributed by atoms with E-state index in [0.717, 1.165) is 18.5 Å². The summed E-state index contributed by atoms with van der Waals surface area (Å²) in [6, 6.07) is 1.16. The van der Waals surface area contributed by atoms with Gasteiger partial charge in [-0.05, 0) is 172 Å². The number of nitrogens with zero attached hydrogens (tertiary/aromatic N) is 3. The fourth-order valence-electron chi connectivity index (χ4n) is 12.0. The molecule has 1 aliphatic rings. The number of carboxylic acids is 1. The second kappa shape index (κ2) is 48.9. The Morgan fingerprint density at radius 3 is 1.77 bits per heavy atom. The Hall–Kier alpha value is -11.6. The highest BCUT2D eigenvalue weighted by atomic mass is 32.2. The molecular formula is C76H113N23O19S. The SMILES string of the molecule is CNC(=O)c1ccccc1Sc1ccc2c(/C=C/c3ccccn3)nn(C(=O)NC(C)(C)CNC(=O)[C@@H](CCC(=O)O)NC(=O)CCC(=O)N[C@H](CCN)C(=O)NC(C(=O)N[C@H](CCN)C(=O)N[C@@H]3CCNC(=O)C(C(C)O)NC(=O)[C@H](CCN)NC(=O)[C@H](CCN)NC(=O)[C@H](CC(C)C)NC(=O)CNC(=O)C(CCN)NC3=O)[C@H](C)O)c2c1. The van der Waals surface area contributed by atoms with Crippen LogP contribution in [0.15, 0.2) is 76.7 Å². The molecule has 2 aromatic heterocycles. The molecule has 15 amide bonds. The molecule has 4 aromatic rings. The first kappa shape index (κ1) is 98.0. The molecule has 1 fully saturated rings. The van der Waals surface area contributed by atoms with Gasteiger partial charge in [-0.1, -0.05) is 43.8 Å². The molecule has 12 atom stereocenters. The summed E-state index contributed by atoms with van der Waals surface area (Å²) >= 11 is 1.29. The van der Waals surface area contributed by atoms with Crippen LogP contribution in [-0.4, -0.2) is 262 Å². The van der Waals surface area contributed by atoms with Crippen LogP contribution in [0.4, 0.5) is 4.79 Å². The van der Waals surface area contributed by atoms with Crippen molar-refractivity contribution in [1.29, 1.82) is 0 Å². The van der Waals surface area contributed by atoms with Gasteiger partial charge in [0.05, 0.1) is 46.8 Å². The van der Waals surface area contributed by atoms with E-state index < -0.39 is 212 Å². The summed E-state index contributed by atoms with van der Waals surface area (Å²) in [7, 11) is 1.52. The largest absolute Gasteiger partial charge is 0.481 e. The average Bonchev–Trinajstić information content (AvgIpc) is 1.63. The highest BCUT2D eigenvalue weighted by molar-refractivity contribution is 7.99. The molecule has 0 spiro atoms. The summed E-state index contributed by atoms with van der Waals surface area (Å²) in [5.41, 5.74) is 29.8. The number of aliphatic hydroxyl groups is 2. The monoisotopic (exact) mass is 1680 g/mol. The van der Waals surface area contributed by atoms with Crippen molar-refractivity contribution in [1.82, 2.24) is 94.5 Å². The third-order valence-electron chi connectivity index (χ3n) is 18.3. The number of hydrogen-bond acceptors (Lipinski definition) is 26. The van der Waals surface area contributed by atoms with Crippen LogP contribution in [0, 0.1) is 5.92 Å². The van der Waals surface area contributed by atoms with Crippen molar-refractivity contribution in [3.05, 3.63) is 83.8 Å². The second-order valence-electron chi connectivity index (χ2n) is 29.1. The Bertz CT molecular complexity index is 4240. The van der Waals surface area contributed by atoms with Crippen LogP contribution in [0.25, 0.3) is 23.1 Å². The van der Waals surface area contributed by atoms with Crippen molar-refractivity contribution in [3.63, 3.8) is 0 Å². The van der Waals surface area contributed by atoms with Crippen LogP contribution in [0.1, 0.15) is 134 Å². The third kappa shape index (κ3) is 32.0. The predicted molar refractivity (Wildman–Crippen MR) is 435 cm³/mol. The maximum absolute atomic E-state index is 14.4. The van der Waals surface area contributed by atoms with Crippen molar-refractivity contribution >= 4 is 130 Å². The number of aliphatic hydroxyl groups excluding tert-OH is 2. The predicted octanol–water partition coefficient (Wildman–Crippen LogP) is -5.75. The molecule has 652 valence electrons. The first-order valence-corrected chi connectivity index (χ1v) is 39.6. The molecule has 119 heavy (non-hydrogen) atoms. The van der Waals surface area contributed by atoms with E-state index in [1.54, 1.807) is 101 Å². The lowest BCUT2D eigenvalue weighted by molar-refractivity contribution is -0.138. The number of aromatic nitrogens is 3. The number of fused-ring (bicyclic) bond motifs is 1. The van der Waals surface area contributed by atoms with Gasteiger partial charge in [0.1, 0.15) is 60.4 Å². The minimum atomic E-state index is -1.91. The van der Waals surface area contributed by atoms with Crippen molar-refractivity contribution in [2.24, 2.45) is 34.6 Å². The Labute approximate surface area is 691 Å². The Morgan fingerprint density at radius 2 is 1.20 bits per heavy atom. The van der Waals surface area contributed by atoms with Crippen LogP contribution in [0.2, 0.25) is 0 Å². The summed E-state index contributed by atoms with van der Waals surface area (Å²) in [6.07, 6.45) is -2.46. The number of hydrogen-bond donors (Lipinski definition) is 23. The topological polar surface area (TPSA) is 675 Å². The molecule has 2 aromatic carbocycles. The minimum absolute atomic E-state index is 0.0292. The molecule has 5 rings (SSSR count). The number of pyridine rings is 1. The van der Waals surface area contributed by atoms with Crippen molar-refractivity contribution in [3.8, 4) is 0 Å². The van der Waals surface area contributed by atoms with Gasteiger partial charge >= 0.3 is 12.0 Å². The van der Waals surface area contributed by atoms with Gasteiger partial charge in [-0.15, -0.1) is 0 Å². The maximum Gasteiger partial charge on any atom is 0.343 e. The molecular weight excluding hydrogens is 1570 g/mol. The first-order valence-electron chi connectivity index (χ1n) is 38.8. The normalized spacial score (nSPS) is 19.1. The summed E-state index contributed by atoms with van der Waals surface area (Å²) in [5, 5.41) is 74.0. The molecule has 43 heteroatoms. The molecule has 0 bridgehead atoms.